The maximum absolute atomic E-state index is 11.0. The highest BCUT2D eigenvalue weighted by molar-refractivity contribution is 7.22. The Balaban J connectivity index is 2.23. The molecule has 0 bridgehead atoms. The summed E-state index contributed by atoms with van der Waals surface area (Å²) in [6.45, 7) is 1.96. The van der Waals surface area contributed by atoms with E-state index in [0.717, 1.165) is 26.2 Å². The number of nitrogen functional groups attached to an aromatic ring is 1. The van der Waals surface area contributed by atoms with Crippen LogP contribution < -0.4 is 5.73 Å². The van der Waals surface area contributed by atoms with Crippen molar-refractivity contribution >= 4 is 33.3 Å². The van der Waals surface area contributed by atoms with E-state index in [1.54, 1.807) is 35.7 Å². The number of fused-ring (bicyclic) bond motifs is 1. The molecule has 0 saturated heterocycles. The Hall–Kier alpha value is -2.47. The van der Waals surface area contributed by atoms with Crippen molar-refractivity contribution in [1.82, 2.24) is 9.97 Å². The Morgan fingerprint density at radius 3 is 2.85 bits per heavy atom. The van der Waals surface area contributed by atoms with Crippen LogP contribution in [0.15, 0.2) is 30.5 Å². The van der Waals surface area contributed by atoms with E-state index in [0.29, 0.717) is 0 Å². The predicted octanol–water partition coefficient (Wildman–Crippen LogP) is 2.95. The Labute approximate surface area is 118 Å². The summed E-state index contributed by atoms with van der Waals surface area (Å²) in [6.07, 6.45) is 1.62. The molecule has 0 amide bonds. The molecule has 3 aromatic rings. The monoisotopic (exact) mass is 285 g/mol. The van der Waals surface area contributed by atoms with E-state index in [2.05, 4.69) is 9.97 Å². The lowest BCUT2D eigenvalue weighted by atomic mass is 10.1. The van der Waals surface area contributed by atoms with E-state index in [-0.39, 0.29) is 11.5 Å². The average molecular weight is 285 g/mol. The molecule has 6 heteroatoms. The molecule has 0 aliphatic rings. The van der Waals surface area contributed by atoms with Crippen LogP contribution in [0, 0.1) is 6.92 Å². The zero-order chi connectivity index (χ0) is 14.3. The van der Waals surface area contributed by atoms with Crippen molar-refractivity contribution in [2.75, 3.05) is 5.73 Å². The van der Waals surface area contributed by atoms with Gasteiger partial charge in [0, 0.05) is 10.9 Å². The Morgan fingerprint density at radius 1 is 1.35 bits per heavy atom. The lowest BCUT2D eigenvalue weighted by molar-refractivity contribution is 0.0697. The molecular formula is C14H11N3O2S. The molecule has 0 atom stereocenters. The molecule has 0 saturated carbocycles. The van der Waals surface area contributed by atoms with Gasteiger partial charge in [0.1, 0.15) is 0 Å². The molecule has 5 nitrogen and oxygen atoms in total. The van der Waals surface area contributed by atoms with Crippen molar-refractivity contribution < 1.29 is 9.90 Å². The van der Waals surface area contributed by atoms with Crippen LogP contribution in [-0.2, 0) is 0 Å². The standard InChI is InChI=1S/C14H11N3O2S/c1-7-9-6-8(13(18)19)2-3-11(9)20-12(7)10-4-5-16-14(15)17-10/h2-6H,1H3,(H,18,19)(H2,15,16,17). The number of nitrogens with two attached hydrogens (primary N) is 1. The molecule has 3 N–H and O–H groups in total. The van der Waals surface area contributed by atoms with Gasteiger partial charge in [-0.15, -0.1) is 11.3 Å². The molecular weight excluding hydrogens is 274 g/mol. The van der Waals surface area contributed by atoms with Gasteiger partial charge in [0.2, 0.25) is 5.95 Å². The molecule has 2 heterocycles. The second kappa shape index (κ2) is 4.57. The number of carbonyl (C=O) groups is 1. The molecule has 3 rings (SSSR count). The summed E-state index contributed by atoms with van der Waals surface area (Å²) in [7, 11) is 0. The number of aryl methyl sites for hydroxylation is 1. The second-order valence-electron chi connectivity index (χ2n) is 4.37. The van der Waals surface area contributed by atoms with Crippen LogP contribution in [-0.4, -0.2) is 21.0 Å². The van der Waals surface area contributed by atoms with Crippen LogP contribution in [0.1, 0.15) is 15.9 Å². The first-order valence-corrected chi connectivity index (χ1v) is 6.73. The number of carboxylic acid groups (broad SMARTS) is 1. The summed E-state index contributed by atoms with van der Waals surface area (Å²) < 4.78 is 1.03. The number of nitrogens with zero attached hydrogens (tertiary/aromatic N) is 2. The van der Waals surface area contributed by atoms with E-state index < -0.39 is 5.97 Å². The van der Waals surface area contributed by atoms with Crippen LogP contribution in [0.2, 0.25) is 0 Å². The van der Waals surface area contributed by atoms with Crippen LogP contribution in [0.4, 0.5) is 5.95 Å². The lowest BCUT2D eigenvalue weighted by Crippen LogP contribution is -1.95. The van der Waals surface area contributed by atoms with Crippen molar-refractivity contribution in [2.45, 2.75) is 6.92 Å². The van der Waals surface area contributed by atoms with Crippen LogP contribution in [0.3, 0.4) is 0 Å². The first-order chi connectivity index (χ1) is 9.56. The van der Waals surface area contributed by atoms with Gasteiger partial charge in [0.15, 0.2) is 0 Å². The third kappa shape index (κ3) is 2.00. The van der Waals surface area contributed by atoms with Gasteiger partial charge in [0.25, 0.3) is 0 Å². The minimum atomic E-state index is -0.926. The maximum atomic E-state index is 11.0. The summed E-state index contributed by atoms with van der Waals surface area (Å²) in [5, 5.41) is 9.99. The number of aromatic nitrogens is 2. The van der Waals surface area contributed by atoms with Crippen LogP contribution in [0.5, 0.6) is 0 Å². The molecule has 0 radical (unpaired) electrons. The van der Waals surface area contributed by atoms with E-state index in [4.69, 9.17) is 10.8 Å². The summed E-state index contributed by atoms with van der Waals surface area (Å²) in [5.74, 6) is -0.698. The number of rotatable bonds is 2. The largest absolute Gasteiger partial charge is 0.478 e. The number of thiophene rings is 1. The van der Waals surface area contributed by atoms with Gasteiger partial charge < -0.3 is 10.8 Å². The van der Waals surface area contributed by atoms with E-state index >= 15 is 0 Å². The highest BCUT2D eigenvalue weighted by Gasteiger charge is 2.13. The number of hydrogen-bond donors (Lipinski definition) is 2. The van der Waals surface area contributed by atoms with Gasteiger partial charge in [-0.3, -0.25) is 0 Å². The normalized spacial score (nSPS) is 10.8. The molecule has 20 heavy (non-hydrogen) atoms. The zero-order valence-electron chi connectivity index (χ0n) is 10.6. The summed E-state index contributed by atoms with van der Waals surface area (Å²) in [6, 6.07) is 6.92. The second-order valence-corrected chi connectivity index (χ2v) is 5.42. The average Bonchev–Trinajstić information content (AvgIpc) is 2.76. The molecule has 0 spiro atoms. The van der Waals surface area contributed by atoms with E-state index in [1.165, 1.54) is 0 Å². The fourth-order valence-electron chi connectivity index (χ4n) is 2.10. The Bertz CT molecular complexity index is 826. The fourth-order valence-corrected chi connectivity index (χ4v) is 3.26. The minimum absolute atomic E-state index is 0.227. The first-order valence-electron chi connectivity index (χ1n) is 5.91. The maximum Gasteiger partial charge on any atom is 0.335 e. The number of benzene rings is 1. The van der Waals surface area contributed by atoms with Gasteiger partial charge in [-0.05, 0) is 42.1 Å². The highest BCUT2D eigenvalue weighted by atomic mass is 32.1. The van der Waals surface area contributed by atoms with Crippen molar-refractivity contribution in [3.63, 3.8) is 0 Å². The number of hydrogen-bond acceptors (Lipinski definition) is 5. The number of carboxylic acids is 1. The van der Waals surface area contributed by atoms with Gasteiger partial charge in [-0.2, -0.15) is 0 Å². The van der Waals surface area contributed by atoms with E-state index in [1.807, 2.05) is 13.0 Å². The fraction of sp³-hybridized carbons (Fsp3) is 0.0714. The van der Waals surface area contributed by atoms with Crippen molar-refractivity contribution in [1.29, 1.82) is 0 Å². The Morgan fingerprint density at radius 2 is 2.15 bits per heavy atom. The SMILES string of the molecule is Cc1c(-c2ccnc(N)n2)sc2ccc(C(=O)O)cc12. The third-order valence-corrected chi connectivity index (χ3v) is 4.39. The van der Waals surface area contributed by atoms with Crippen molar-refractivity contribution in [3.05, 3.63) is 41.6 Å². The molecule has 0 unspecified atom stereocenters. The minimum Gasteiger partial charge on any atom is -0.478 e. The summed E-state index contributed by atoms with van der Waals surface area (Å²) in [4.78, 5) is 20.1. The van der Waals surface area contributed by atoms with Gasteiger partial charge in [-0.25, -0.2) is 14.8 Å². The number of aromatic carboxylic acids is 1. The summed E-state index contributed by atoms with van der Waals surface area (Å²) in [5.41, 5.74) is 7.66. The molecule has 100 valence electrons. The van der Waals surface area contributed by atoms with Gasteiger partial charge in [-0.1, -0.05) is 0 Å². The van der Waals surface area contributed by atoms with Crippen LogP contribution >= 0.6 is 11.3 Å². The number of anilines is 1. The molecule has 2 aromatic heterocycles. The quantitative estimate of drug-likeness (QED) is 0.755. The van der Waals surface area contributed by atoms with Crippen molar-refractivity contribution in [3.8, 4) is 10.6 Å². The molecule has 0 aliphatic heterocycles. The smallest absolute Gasteiger partial charge is 0.335 e. The lowest BCUT2D eigenvalue weighted by Gasteiger charge is -1.99. The third-order valence-electron chi connectivity index (χ3n) is 3.09. The van der Waals surface area contributed by atoms with Gasteiger partial charge >= 0.3 is 5.97 Å². The van der Waals surface area contributed by atoms with Gasteiger partial charge in [0.05, 0.1) is 16.1 Å². The molecule has 1 aromatic carbocycles. The zero-order valence-corrected chi connectivity index (χ0v) is 11.4. The van der Waals surface area contributed by atoms with E-state index in [9.17, 15) is 4.79 Å². The Kier molecular flexibility index (Phi) is 2.87. The highest BCUT2D eigenvalue weighted by Crippen LogP contribution is 2.37. The molecule has 0 aliphatic carbocycles. The molecule has 0 fully saturated rings. The summed E-state index contributed by atoms with van der Waals surface area (Å²) >= 11 is 1.57. The van der Waals surface area contributed by atoms with Crippen LogP contribution in [0.25, 0.3) is 20.7 Å². The first kappa shape index (κ1) is 12.6. The van der Waals surface area contributed by atoms with Crippen molar-refractivity contribution in [2.24, 2.45) is 0 Å². The topological polar surface area (TPSA) is 89.1 Å². The predicted molar refractivity (Wildman–Crippen MR) is 79.0 cm³/mol.